The van der Waals surface area contributed by atoms with Gasteiger partial charge < -0.3 is 0 Å². The molecule has 3 heterocycles. The van der Waals surface area contributed by atoms with Gasteiger partial charge in [0.15, 0.2) is 5.16 Å². The van der Waals surface area contributed by atoms with E-state index >= 15 is 0 Å². The zero-order valence-corrected chi connectivity index (χ0v) is 18.7. The van der Waals surface area contributed by atoms with Crippen LogP contribution in [0.3, 0.4) is 0 Å². The average Bonchev–Trinajstić information content (AvgIpc) is 3.20. The summed E-state index contributed by atoms with van der Waals surface area (Å²) in [6.07, 6.45) is 1.76. The summed E-state index contributed by atoms with van der Waals surface area (Å²) in [5, 5.41) is 1.71. The molecule has 0 radical (unpaired) electrons. The van der Waals surface area contributed by atoms with Gasteiger partial charge in [0, 0.05) is 23.9 Å². The lowest BCUT2D eigenvalue weighted by atomic mass is 10.0. The molecule has 4 nitrogen and oxygen atoms in total. The van der Waals surface area contributed by atoms with Crippen molar-refractivity contribution in [1.82, 2.24) is 14.5 Å². The van der Waals surface area contributed by atoms with E-state index in [1.54, 1.807) is 18.0 Å². The molecule has 0 aliphatic heterocycles. The summed E-state index contributed by atoms with van der Waals surface area (Å²) < 4.78 is 2.53. The molecule has 0 N–H and O–H groups in total. The van der Waals surface area contributed by atoms with Gasteiger partial charge in [-0.25, -0.2) is 9.97 Å². The van der Waals surface area contributed by atoms with Gasteiger partial charge in [-0.1, -0.05) is 79.3 Å². The molecule has 0 saturated carbocycles. The van der Waals surface area contributed by atoms with E-state index in [0.717, 1.165) is 26.6 Å². The molecule has 2 aromatic carbocycles. The first-order valence-corrected chi connectivity index (χ1v) is 12.0. The van der Waals surface area contributed by atoms with Crippen LogP contribution in [0.25, 0.3) is 20.4 Å². The van der Waals surface area contributed by atoms with E-state index in [-0.39, 0.29) is 11.5 Å². The van der Waals surface area contributed by atoms with Gasteiger partial charge in [0.05, 0.1) is 5.52 Å². The maximum atomic E-state index is 13.6. The monoisotopic (exact) mass is 443 g/mol. The second kappa shape index (κ2) is 8.65. The first-order chi connectivity index (χ1) is 15.2. The van der Waals surface area contributed by atoms with Crippen molar-refractivity contribution >= 4 is 43.5 Å². The highest BCUT2D eigenvalue weighted by molar-refractivity contribution is 7.98. The summed E-state index contributed by atoms with van der Waals surface area (Å²) in [4.78, 5) is 23.9. The molecule has 1 unspecified atom stereocenters. The molecule has 6 heteroatoms. The molecule has 31 heavy (non-hydrogen) atoms. The van der Waals surface area contributed by atoms with E-state index in [9.17, 15) is 4.79 Å². The largest absolute Gasteiger partial charge is 0.286 e. The molecule has 1 atom stereocenters. The van der Waals surface area contributed by atoms with Crippen LogP contribution in [0, 0.1) is 0 Å². The maximum Gasteiger partial charge on any atom is 0.272 e. The Labute approximate surface area is 188 Å². The van der Waals surface area contributed by atoms with Crippen molar-refractivity contribution in [3.63, 3.8) is 0 Å². The summed E-state index contributed by atoms with van der Waals surface area (Å²) in [6, 6.07) is 24.5. The summed E-state index contributed by atoms with van der Waals surface area (Å²) in [5.74, 6) is 0.959. The Morgan fingerprint density at radius 1 is 1.00 bits per heavy atom. The number of thioether (sulfide) groups is 1. The highest BCUT2D eigenvalue weighted by atomic mass is 32.2. The van der Waals surface area contributed by atoms with Gasteiger partial charge in [-0.15, -0.1) is 11.3 Å². The lowest BCUT2D eigenvalue weighted by Crippen LogP contribution is -2.25. The number of hydrogen-bond donors (Lipinski definition) is 0. The smallest absolute Gasteiger partial charge is 0.272 e. The fourth-order valence-electron chi connectivity index (χ4n) is 3.70. The van der Waals surface area contributed by atoms with Crippen LogP contribution in [0.4, 0.5) is 0 Å². The third kappa shape index (κ3) is 4.01. The number of rotatable bonds is 6. The molecular weight excluding hydrogens is 422 g/mol. The number of fused-ring (bicyclic) bond motifs is 3. The van der Waals surface area contributed by atoms with Crippen LogP contribution in [0.15, 0.2) is 88.9 Å². The number of hydrogen-bond acceptors (Lipinski definition) is 5. The molecule has 0 spiro atoms. The van der Waals surface area contributed by atoms with Gasteiger partial charge >= 0.3 is 0 Å². The molecule has 0 amide bonds. The number of pyridine rings is 1. The van der Waals surface area contributed by atoms with Crippen LogP contribution in [-0.2, 0) is 12.3 Å². The van der Waals surface area contributed by atoms with E-state index in [1.807, 2.05) is 53.1 Å². The van der Waals surface area contributed by atoms with Crippen molar-refractivity contribution in [2.75, 3.05) is 0 Å². The van der Waals surface area contributed by atoms with Gasteiger partial charge in [0.1, 0.15) is 9.53 Å². The number of aromatic nitrogens is 3. The third-order valence-electron chi connectivity index (χ3n) is 5.35. The van der Waals surface area contributed by atoms with E-state index in [1.165, 1.54) is 22.5 Å². The highest BCUT2D eigenvalue weighted by Gasteiger charge is 2.19. The Kier molecular flexibility index (Phi) is 5.57. The van der Waals surface area contributed by atoms with Crippen molar-refractivity contribution in [2.45, 2.75) is 30.3 Å². The van der Waals surface area contributed by atoms with E-state index in [0.29, 0.717) is 11.2 Å². The van der Waals surface area contributed by atoms with Gasteiger partial charge in [0.25, 0.3) is 5.56 Å². The predicted octanol–water partition coefficient (Wildman–Crippen LogP) is 6.10. The Morgan fingerprint density at radius 2 is 1.74 bits per heavy atom. The lowest BCUT2D eigenvalue weighted by Gasteiger charge is -2.17. The number of benzene rings is 2. The number of nitrogens with zero attached hydrogens (tertiary/aromatic N) is 3. The average molecular weight is 444 g/mol. The van der Waals surface area contributed by atoms with Gasteiger partial charge in [-0.3, -0.25) is 9.36 Å². The fraction of sp³-hybridized carbons (Fsp3) is 0.160. The summed E-state index contributed by atoms with van der Waals surface area (Å²) in [7, 11) is 0. The van der Waals surface area contributed by atoms with Crippen molar-refractivity contribution in [3.8, 4) is 0 Å². The van der Waals surface area contributed by atoms with E-state index in [2.05, 4.69) is 36.2 Å². The topological polar surface area (TPSA) is 47.8 Å². The molecule has 0 saturated heterocycles. The Hall–Kier alpha value is -2.96. The second-order valence-electron chi connectivity index (χ2n) is 7.53. The molecule has 0 aliphatic rings. The molecule has 3 aromatic heterocycles. The van der Waals surface area contributed by atoms with Crippen molar-refractivity contribution in [3.05, 3.63) is 100 Å². The van der Waals surface area contributed by atoms with Crippen molar-refractivity contribution in [1.29, 1.82) is 0 Å². The van der Waals surface area contributed by atoms with Crippen LogP contribution in [0.5, 0.6) is 0 Å². The van der Waals surface area contributed by atoms with Gasteiger partial charge in [-0.2, -0.15) is 0 Å². The summed E-state index contributed by atoms with van der Waals surface area (Å²) in [5.41, 5.74) is 3.21. The van der Waals surface area contributed by atoms with Crippen LogP contribution in [0.2, 0.25) is 0 Å². The molecule has 0 bridgehead atoms. The molecule has 0 aliphatic carbocycles. The lowest BCUT2D eigenvalue weighted by molar-refractivity contribution is 0.532. The zero-order chi connectivity index (χ0) is 21.2. The quantitative estimate of drug-likeness (QED) is 0.235. The van der Waals surface area contributed by atoms with E-state index in [4.69, 9.17) is 4.98 Å². The SMILES string of the molecule is CC(Cn1c(SCc2ccccc2)nc2c(sc3ncccc32)c1=O)c1ccccc1. The minimum Gasteiger partial charge on any atom is -0.286 e. The van der Waals surface area contributed by atoms with Gasteiger partial charge in [-0.05, 0) is 29.2 Å². The minimum absolute atomic E-state index is 0.0198. The van der Waals surface area contributed by atoms with Crippen LogP contribution in [0.1, 0.15) is 24.0 Å². The molecule has 154 valence electrons. The number of thiophene rings is 1. The molecule has 5 aromatic rings. The van der Waals surface area contributed by atoms with E-state index < -0.39 is 0 Å². The minimum atomic E-state index is 0.0198. The van der Waals surface area contributed by atoms with Crippen LogP contribution in [-0.4, -0.2) is 14.5 Å². The Bertz CT molecular complexity index is 1390. The molecule has 5 rings (SSSR count). The Balaban J connectivity index is 1.61. The first kappa shape index (κ1) is 20.0. The predicted molar refractivity (Wildman–Crippen MR) is 130 cm³/mol. The standard InChI is InChI=1S/C25H21N3OS2/c1-17(19-11-6-3-7-12-19)15-28-24(29)22-21(20-13-8-14-26-23(20)31-22)27-25(28)30-16-18-9-4-2-5-10-18/h2-14,17H,15-16H2,1H3. The summed E-state index contributed by atoms with van der Waals surface area (Å²) in [6.45, 7) is 2.74. The Morgan fingerprint density at radius 3 is 2.52 bits per heavy atom. The summed E-state index contributed by atoms with van der Waals surface area (Å²) >= 11 is 3.05. The second-order valence-corrected chi connectivity index (χ2v) is 9.47. The third-order valence-corrected chi connectivity index (χ3v) is 7.49. The van der Waals surface area contributed by atoms with Crippen LogP contribution >= 0.6 is 23.1 Å². The maximum absolute atomic E-state index is 13.6. The van der Waals surface area contributed by atoms with Crippen molar-refractivity contribution in [2.24, 2.45) is 0 Å². The first-order valence-electron chi connectivity index (χ1n) is 10.2. The highest BCUT2D eigenvalue weighted by Crippen LogP contribution is 2.32. The molecule has 0 fully saturated rings. The van der Waals surface area contributed by atoms with Crippen molar-refractivity contribution < 1.29 is 0 Å². The zero-order valence-electron chi connectivity index (χ0n) is 17.1. The van der Waals surface area contributed by atoms with Crippen LogP contribution < -0.4 is 5.56 Å². The fourth-order valence-corrected chi connectivity index (χ4v) is 5.68. The normalized spacial score (nSPS) is 12.4. The molecular formula is C25H21N3OS2. The van der Waals surface area contributed by atoms with Gasteiger partial charge in [0.2, 0.25) is 0 Å².